The molecule has 0 heterocycles. The van der Waals surface area contributed by atoms with Crippen LogP contribution in [0.4, 0.5) is 0 Å². The predicted molar refractivity (Wildman–Crippen MR) is 98.8 cm³/mol. The van der Waals surface area contributed by atoms with Gasteiger partial charge in [0.2, 0.25) is 0 Å². The molecule has 0 aliphatic heterocycles. The van der Waals surface area contributed by atoms with Crippen LogP contribution in [-0.4, -0.2) is 55.2 Å². The molecule has 0 radical (unpaired) electrons. The maximum Gasteiger partial charge on any atom is 0.332 e. The van der Waals surface area contributed by atoms with Crippen molar-refractivity contribution in [2.75, 3.05) is 40.0 Å². The maximum atomic E-state index is 12.8. The Kier molecular flexibility index (Phi) is 9.34. The molecule has 1 N–H and O–H groups in total. The predicted octanol–water partition coefficient (Wildman–Crippen LogP) is 2.80. The van der Waals surface area contributed by atoms with Crippen molar-refractivity contribution in [1.82, 2.24) is 9.62 Å². The fraction of sp³-hybridized carbons (Fsp3) is 0.625. The van der Waals surface area contributed by atoms with Gasteiger partial charge < -0.3 is 13.9 Å². The van der Waals surface area contributed by atoms with E-state index >= 15 is 0 Å². The summed E-state index contributed by atoms with van der Waals surface area (Å²) >= 11 is 0. The molecule has 2 atom stereocenters. The molecule has 1 aromatic rings. The zero-order valence-electron chi connectivity index (χ0n) is 15.2. The Balaban J connectivity index is 2.85. The van der Waals surface area contributed by atoms with Crippen LogP contribution in [0.2, 0.25) is 0 Å². The Hall–Kier alpha value is -0.560. The Labute approximate surface area is 148 Å². The summed E-state index contributed by atoms with van der Waals surface area (Å²) in [5.74, 6) is 0. The third kappa shape index (κ3) is 7.55. The van der Waals surface area contributed by atoms with E-state index in [-0.39, 0.29) is 12.2 Å². The molecule has 8 heteroatoms. The van der Waals surface area contributed by atoms with Gasteiger partial charge in [0.25, 0.3) is 0 Å². The highest BCUT2D eigenvalue weighted by molar-refractivity contribution is 7.83. The van der Waals surface area contributed by atoms with E-state index in [0.717, 1.165) is 5.56 Å². The summed E-state index contributed by atoms with van der Waals surface area (Å²) in [5.41, 5.74) is 1.11. The monoisotopic (exact) mass is 376 g/mol. The number of hydrogen-bond acceptors (Lipinski definition) is 5. The molecule has 1 unspecified atom stereocenters. The molecule has 6 nitrogen and oxygen atoms in total. The van der Waals surface area contributed by atoms with Gasteiger partial charge in [0.1, 0.15) is 11.0 Å². The van der Waals surface area contributed by atoms with Gasteiger partial charge in [0, 0.05) is 12.6 Å². The molecule has 1 aromatic carbocycles. The molecule has 0 saturated carbocycles. The number of nitrogens with zero attached hydrogens (tertiary/aromatic N) is 1. The Morgan fingerprint density at radius 2 is 1.71 bits per heavy atom. The second kappa shape index (κ2) is 10.4. The van der Waals surface area contributed by atoms with E-state index in [9.17, 15) is 8.77 Å². The Morgan fingerprint density at radius 3 is 2.17 bits per heavy atom. The van der Waals surface area contributed by atoms with Crippen molar-refractivity contribution in [3.05, 3.63) is 29.8 Å². The molecule has 138 valence electrons. The maximum absolute atomic E-state index is 12.8. The highest BCUT2D eigenvalue weighted by Crippen LogP contribution is 2.48. The number of benzene rings is 1. The number of nitrogens with one attached hydrogen (secondary N) is 1. The van der Waals surface area contributed by atoms with Crippen LogP contribution < -0.4 is 4.72 Å². The van der Waals surface area contributed by atoms with Crippen molar-refractivity contribution in [3.63, 3.8) is 0 Å². The van der Waals surface area contributed by atoms with Crippen LogP contribution in [0.1, 0.15) is 19.4 Å². The molecule has 0 aromatic heterocycles. The zero-order chi connectivity index (χ0) is 18.2. The zero-order valence-corrected chi connectivity index (χ0v) is 16.9. The van der Waals surface area contributed by atoms with Crippen LogP contribution in [0.25, 0.3) is 0 Å². The van der Waals surface area contributed by atoms with Gasteiger partial charge in [-0.25, -0.2) is 8.93 Å². The van der Waals surface area contributed by atoms with E-state index in [0.29, 0.717) is 24.7 Å². The lowest BCUT2D eigenvalue weighted by Gasteiger charge is -2.26. The van der Waals surface area contributed by atoms with E-state index < -0.39 is 18.6 Å². The van der Waals surface area contributed by atoms with Crippen molar-refractivity contribution in [1.29, 1.82) is 0 Å². The summed E-state index contributed by atoms with van der Waals surface area (Å²) < 4.78 is 39.1. The second-order valence-corrected chi connectivity index (χ2v) is 9.14. The molecule has 1 rings (SSSR count). The summed E-state index contributed by atoms with van der Waals surface area (Å²) in [4.78, 5) is 2.64. The Morgan fingerprint density at radius 1 is 1.17 bits per heavy atom. The molecule has 0 amide bonds. The minimum atomic E-state index is -3.21. The van der Waals surface area contributed by atoms with Gasteiger partial charge in [-0.15, -0.1) is 0 Å². The summed E-state index contributed by atoms with van der Waals surface area (Å²) in [6.45, 7) is 6.74. The lowest BCUT2D eigenvalue weighted by atomic mass is 10.2. The molecule has 0 bridgehead atoms. The van der Waals surface area contributed by atoms with E-state index in [1.165, 1.54) is 0 Å². The second-order valence-electron chi connectivity index (χ2n) is 5.79. The van der Waals surface area contributed by atoms with Gasteiger partial charge in [-0.2, -0.15) is 0 Å². The van der Waals surface area contributed by atoms with Crippen molar-refractivity contribution in [3.8, 4) is 0 Å². The molecular formula is C16H29N2O4PS. The van der Waals surface area contributed by atoms with E-state index in [1.54, 1.807) is 13.8 Å². The number of aryl methyl sites for hydroxylation is 1. The van der Waals surface area contributed by atoms with Gasteiger partial charge in [0.15, 0.2) is 0 Å². The fourth-order valence-corrected chi connectivity index (χ4v) is 5.18. The van der Waals surface area contributed by atoms with Crippen LogP contribution in [-0.2, 0) is 24.6 Å². The van der Waals surface area contributed by atoms with Crippen LogP contribution in [0, 0.1) is 6.92 Å². The molecule has 0 aliphatic carbocycles. The van der Waals surface area contributed by atoms with Crippen LogP contribution >= 0.6 is 7.60 Å². The summed E-state index contributed by atoms with van der Waals surface area (Å²) in [5, 5.41) is 0. The van der Waals surface area contributed by atoms with Crippen molar-refractivity contribution in [2.24, 2.45) is 0 Å². The van der Waals surface area contributed by atoms with E-state index in [1.807, 2.05) is 50.2 Å². The standard InChI is InChI=1S/C16H29N2O4PS/c1-6-21-23(19,22-7-2)13-15(12-18(4)5)17-24(20)16-10-8-14(3)9-11-16/h8-11,15,17H,6-7,12-13H2,1-5H3/t15-,24?/m1/s1. The quantitative estimate of drug-likeness (QED) is 0.602. The highest BCUT2D eigenvalue weighted by atomic mass is 32.2. The number of hydrogen-bond donors (Lipinski definition) is 1. The van der Waals surface area contributed by atoms with Gasteiger partial charge in [-0.05, 0) is 47.0 Å². The Bertz CT molecular complexity index is 556. The molecule has 0 saturated heterocycles. The first-order valence-corrected chi connectivity index (χ1v) is 10.9. The largest absolute Gasteiger partial charge is 0.332 e. The minimum absolute atomic E-state index is 0.171. The SMILES string of the molecule is CCOP(=O)(C[C@@H](CN(C)C)NS(=O)c1ccc(C)cc1)OCC. The van der Waals surface area contributed by atoms with Gasteiger partial charge in [-0.3, -0.25) is 4.57 Å². The van der Waals surface area contributed by atoms with Gasteiger partial charge in [0.05, 0.1) is 24.3 Å². The third-order valence-electron chi connectivity index (χ3n) is 3.19. The lowest BCUT2D eigenvalue weighted by molar-refractivity contribution is 0.216. The van der Waals surface area contributed by atoms with E-state index in [4.69, 9.17) is 9.05 Å². The smallest absolute Gasteiger partial charge is 0.309 e. The first-order chi connectivity index (χ1) is 11.3. The summed E-state index contributed by atoms with van der Waals surface area (Å²) in [6.07, 6.45) is 0.171. The van der Waals surface area contributed by atoms with E-state index in [2.05, 4.69) is 4.72 Å². The normalized spacial score (nSPS) is 14.8. The van der Waals surface area contributed by atoms with Crippen LogP contribution in [0.3, 0.4) is 0 Å². The van der Waals surface area contributed by atoms with Crippen LogP contribution in [0.15, 0.2) is 29.2 Å². The van der Waals surface area contributed by atoms with Crippen LogP contribution in [0.5, 0.6) is 0 Å². The summed E-state index contributed by atoms with van der Waals surface area (Å²) in [7, 11) is -0.776. The minimum Gasteiger partial charge on any atom is -0.309 e. The molecule has 0 fully saturated rings. The fourth-order valence-electron chi connectivity index (χ4n) is 2.26. The molecule has 0 spiro atoms. The number of likely N-dealkylation sites (N-methyl/N-ethyl adjacent to an activating group) is 1. The molecule has 0 aliphatic rings. The summed E-state index contributed by atoms with van der Waals surface area (Å²) in [6, 6.07) is 7.21. The number of rotatable bonds is 11. The van der Waals surface area contributed by atoms with Crippen molar-refractivity contribution in [2.45, 2.75) is 31.7 Å². The third-order valence-corrected chi connectivity index (χ3v) is 6.63. The molecule has 24 heavy (non-hydrogen) atoms. The first kappa shape index (κ1) is 21.5. The average molecular weight is 376 g/mol. The van der Waals surface area contributed by atoms with Gasteiger partial charge in [-0.1, -0.05) is 17.7 Å². The molecular weight excluding hydrogens is 347 g/mol. The van der Waals surface area contributed by atoms with Crippen molar-refractivity contribution >= 4 is 18.6 Å². The van der Waals surface area contributed by atoms with Gasteiger partial charge >= 0.3 is 7.60 Å². The topological polar surface area (TPSA) is 67.9 Å². The lowest BCUT2D eigenvalue weighted by Crippen LogP contribution is -2.42. The average Bonchev–Trinajstić information content (AvgIpc) is 2.47. The highest BCUT2D eigenvalue weighted by Gasteiger charge is 2.29. The first-order valence-electron chi connectivity index (χ1n) is 8.07. The van der Waals surface area contributed by atoms with Crippen molar-refractivity contribution < 1.29 is 17.8 Å².